The quantitative estimate of drug-likeness (QED) is 0.784. The van der Waals surface area contributed by atoms with E-state index in [1.807, 2.05) is 31.2 Å². The van der Waals surface area contributed by atoms with E-state index in [1.165, 1.54) is 0 Å². The molecular formula is C14H17NO2. The van der Waals surface area contributed by atoms with E-state index in [0.29, 0.717) is 12.8 Å². The molecular weight excluding hydrogens is 214 g/mol. The van der Waals surface area contributed by atoms with Crippen LogP contribution >= 0.6 is 0 Å². The maximum atomic E-state index is 11.6. The number of hydrogen-bond donors (Lipinski definition) is 1. The second-order valence-electron chi connectivity index (χ2n) is 3.90. The smallest absolute Gasteiger partial charge is 0.224 e. The molecule has 1 rings (SSSR count). The van der Waals surface area contributed by atoms with Crippen LogP contribution in [0.4, 0.5) is 0 Å². The molecule has 90 valence electrons. The Morgan fingerprint density at radius 1 is 1.47 bits per heavy atom. The van der Waals surface area contributed by atoms with Crippen LogP contribution in [-0.2, 0) is 11.2 Å². The Hall–Kier alpha value is -1.95. The van der Waals surface area contributed by atoms with Gasteiger partial charge in [-0.15, -0.1) is 12.3 Å². The number of rotatable bonds is 5. The zero-order chi connectivity index (χ0) is 12.7. The largest absolute Gasteiger partial charge is 0.497 e. The lowest BCUT2D eigenvalue weighted by Crippen LogP contribution is -2.33. The third kappa shape index (κ3) is 4.60. The number of amides is 1. The van der Waals surface area contributed by atoms with Crippen molar-refractivity contribution in [2.24, 2.45) is 0 Å². The first-order valence-electron chi connectivity index (χ1n) is 5.51. The molecule has 17 heavy (non-hydrogen) atoms. The van der Waals surface area contributed by atoms with Crippen LogP contribution in [0.3, 0.4) is 0 Å². The van der Waals surface area contributed by atoms with E-state index in [0.717, 1.165) is 11.3 Å². The fourth-order valence-electron chi connectivity index (χ4n) is 1.48. The molecule has 0 aliphatic rings. The van der Waals surface area contributed by atoms with Gasteiger partial charge in [-0.1, -0.05) is 12.1 Å². The van der Waals surface area contributed by atoms with E-state index in [1.54, 1.807) is 7.11 Å². The van der Waals surface area contributed by atoms with Crippen molar-refractivity contribution in [3.63, 3.8) is 0 Å². The van der Waals surface area contributed by atoms with Gasteiger partial charge in [0.05, 0.1) is 13.5 Å². The van der Waals surface area contributed by atoms with Crippen molar-refractivity contribution in [3.8, 4) is 18.1 Å². The Morgan fingerprint density at radius 2 is 2.12 bits per heavy atom. The van der Waals surface area contributed by atoms with Crippen LogP contribution in [-0.4, -0.2) is 19.1 Å². The predicted molar refractivity (Wildman–Crippen MR) is 67.8 cm³/mol. The maximum Gasteiger partial charge on any atom is 0.224 e. The zero-order valence-corrected chi connectivity index (χ0v) is 10.2. The molecule has 3 nitrogen and oxygen atoms in total. The fourth-order valence-corrected chi connectivity index (χ4v) is 1.48. The molecule has 1 atom stereocenters. The molecule has 1 N–H and O–H groups in total. The first-order valence-corrected chi connectivity index (χ1v) is 5.51. The summed E-state index contributed by atoms with van der Waals surface area (Å²) in [6, 6.07) is 7.46. The van der Waals surface area contributed by atoms with Gasteiger partial charge < -0.3 is 10.1 Å². The first kappa shape index (κ1) is 13.1. The number of carbonyl (C=O) groups excluding carboxylic acids is 1. The van der Waals surface area contributed by atoms with E-state index in [-0.39, 0.29) is 11.9 Å². The van der Waals surface area contributed by atoms with Gasteiger partial charge in [0.1, 0.15) is 5.75 Å². The molecule has 0 spiro atoms. The van der Waals surface area contributed by atoms with Gasteiger partial charge in [0.2, 0.25) is 5.91 Å². The Kier molecular flexibility index (Phi) is 5.09. The standard InChI is InChI=1S/C14H17NO2/c1-4-5-11(2)15-14(16)10-12-6-8-13(17-3)9-7-12/h1,6-9,11H,5,10H2,2-3H3,(H,15,16). The van der Waals surface area contributed by atoms with Crippen molar-refractivity contribution in [2.75, 3.05) is 7.11 Å². The number of hydrogen-bond acceptors (Lipinski definition) is 2. The Morgan fingerprint density at radius 3 is 2.65 bits per heavy atom. The highest BCUT2D eigenvalue weighted by Crippen LogP contribution is 2.11. The molecule has 3 heteroatoms. The number of carbonyl (C=O) groups is 1. The van der Waals surface area contributed by atoms with Crippen LogP contribution in [0.5, 0.6) is 5.75 Å². The summed E-state index contributed by atoms with van der Waals surface area (Å²) in [5.41, 5.74) is 0.955. The van der Waals surface area contributed by atoms with E-state index >= 15 is 0 Å². The van der Waals surface area contributed by atoms with Crippen LogP contribution in [0.25, 0.3) is 0 Å². The van der Waals surface area contributed by atoms with Gasteiger partial charge in [-0.2, -0.15) is 0 Å². The molecule has 0 heterocycles. The van der Waals surface area contributed by atoms with Gasteiger partial charge in [0.25, 0.3) is 0 Å². The van der Waals surface area contributed by atoms with Crippen LogP contribution < -0.4 is 10.1 Å². The number of ether oxygens (including phenoxy) is 1. The van der Waals surface area contributed by atoms with Gasteiger partial charge in [0, 0.05) is 12.5 Å². The average Bonchev–Trinajstić information content (AvgIpc) is 2.30. The summed E-state index contributed by atoms with van der Waals surface area (Å²) in [7, 11) is 1.61. The average molecular weight is 231 g/mol. The van der Waals surface area contributed by atoms with E-state index < -0.39 is 0 Å². The maximum absolute atomic E-state index is 11.6. The summed E-state index contributed by atoms with van der Waals surface area (Å²) in [5, 5.41) is 2.85. The van der Waals surface area contributed by atoms with Gasteiger partial charge in [-0.25, -0.2) is 0 Å². The van der Waals surface area contributed by atoms with Crippen molar-refractivity contribution in [2.45, 2.75) is 25.8 Å². The third-order valence-electron chi connectivity index (χ3n) is 2.36. The number of methoxy groups -OCH3 is 1. The molecule has 1 aromatic carbocycles. The van der Waals surface area contributed by atoms with Gasteiger partial charge in [0.15, 0.2) is 0 Å². The van der Waals surface area contributed by atoms with Crippen molar-refractivity contribution in [1.82, 2.24) is 5.32 Å². The molecule has 0 aliphatic carbocycles. The van der Waals surface area contributed by atoms with Gasteiger partial charge >= 0.3 is 0 Å². The predicted octanol–water partition coefficient (Wildman–Crippen LogP) is 1.77. The fraction of sp³-hybridized carbons (Fsp3) is 0.357. The van der Waals surface area contributed by atoms with E-state index in [4.69, 9.17) is 11.2 Å². The normalized spacial score (nSPS) is 11.4. The zero-order valence-electron chi connectivity index (χ0n) is 10.2. The Bertz CT molecular complexity index is 403. The highest BCUT2D eigenvalue weighted by atomic mass is 16.5. The topological polar surface area (TPSA) is 38.3 Å². The molecule has 0 aromatic heterocycles. The lowest BCUT2D eigenvalue weighted by molar-refractivity contribution is -0.121. The molecule has 1 aromatic rings. The van der Waals surface area contributed by atoms with Crippen molar-refractivity contribution < 1.29 is 9.53 Å². The minimum absolute atomic E-state index is 0.0158. The first-order chi connectivity index (χ1) is 8.15. The SMILES string of the molecule is C#CCC(C)NC(=O)Cc1ccc(OC)cc1. The molecule has 1 unspecified atom stereocenters. The van der Waals surface area contributed by atoms with Crippen LogP contribution in [0.15, 0.2) is 24.3 Å². The highest BCUT2D eigenvalue weighted by Gasteiger charge is 2.07. The summed E-state index contributed by atoms with van der Waals surface area (Å²) in [5.74, 6) is 3.29. The van der Waals surface area contributed by atoms with E-state index in [2.05, 4.69) is 11.2 Å². The van der Waals surface area contributed by atoms with Gasteiger partial charge in [-0.05, 0) is 24.6 Å². The second kappa shape index (κ2) is 6.59. The van der Waals surface area contributed by atoms with E-state index in [9.17, 15) is 4.79 Å². The van der Waals surface area contributed by atoms with Crippen LogP contribution in [0.2, 0.25) is 0 Å². The highest BCUT2D eigenvalue weighted by molar-refractivity contribution is 5.78. The molecule has 0 saturated heterocycles. The summed E-state index contributed by atoms with van der Waals surface area (Å²) >= 11 is 0. The van der Waals surface area contributed by atoms with Crippen LogP contribution in [0.1, 0.15) is 18.9 Å². The lowest BCUT2D eigenvalue weighted by Gasteiger charge is -2.10. The molecule has 0 radical (unpaired) electrons. The van der Waals surface area contributed by atoms with Gasteiger partial charge in [-0.3, -0.25) is 4.79 Å². The molecule has 0 fully saturated rings. The summed E-state index contributed by atoms with van der Waals surface area (Å²) < 4.78 is 5.05. The Balaban J connectivity index is 2.48. The number of benzene rings is 1. The van der Waals surface area contributed by atoms with Crippen molar-refractivity contribution in [3.05, 3.63) is 29.8 Å². The minimum atomic E-state index is -0.0158. The number of nitrogens with one attached hydrogen (secondary N) is 1. The Labute approximate surface area is 102 Å². The van der Waals surface area contributed by atoms with Crippen molar-refractivity contribution in [1.29, 1.82) is 0 Å². The summed E-state index contributed by atoms with van der Waals surface area (Å²) in [4.78, 5) is 11.6. The van der Waals surface area contributed by atoms with Crippen molar-refractivity contribution >= 4 is 5.91 Å². The molecule has 1 amide bonds. The molecule has 0 saturated carbocycles. The third-order valence-corrected chi connectivity index (χ3v) is 2.36. The minimum Gasteiger partial charge on any atom is -0.497 e. The molecule has 0 aliphatic heterocycles. The number of terminal acetylenes is 1. The summed E-state index contributed by atoms with van der Waals surface area (Å²) in [6.45, 7) is 1.89. The van der Waals surface area contributed by atoms with Crippen LogP contribution in [0, 0.1) is 12.3 Å². The lowest BCUT2D eigenvalue weighted by atomic mass is 10.1. The monoisotopic (exact) mass is 231 g/mol. The second-order valence-corrected chi connectivity index (χ2v) is 3.90. The molecule has 0 bridgehead atoms. The summed E-state index contributed by atoms with van der Waals surface area (Å²) in [6.07, 6.45) is 6.08.